The van der Waals surface area contributed by atoms with Crippen molar-refractivity contribution < 1.29 is 8.42 Å². The minimum absolute atomic E-state index is 0.0930. The zero-order valence-electron chi connectivity index (χ0n) is 12.3. The van der Waals surface area contributed by atoms with E-state index < -0.39 is 9.84 Å². The molecule has 0 bridgehead atoms. The molecule has 2 heterocycles. The quantitative estimate of drug-likeness (QED) is 0.934. The average Bonchev–Trinajstić information content (AvgIpc) is 2.85. The van der Waals surface area contributed by atoms with Crippen molar-refractivity contribution in [3.8, 4) is 0 Å². The lowest BCUT2D eigenvalue weighted by molar-refractivity contribution is 0.592. The fourth-order valence-corrected chi connectivity index (χ4v) is 3.74. The van der Waals surface area contributed by atoms with Crippen LogP contribution in [0.4, 0.5) is 5.69 Å². The van der Waals surface area contributed by atoms with E-state index in [1.54, 1.807) is 42.6 Å². The summed E-state index contributed by atoms with van der Waals surface area (Å²) in [6.07, 6.45) is 2.73. The Balaban J connectivity index is 1.85. The Morgan fingerprint density at radius 2 is 1.82 bits per heavy atom. The molecule has 0 aliphatic carbocycles. The lowest BCUT2D eigenvalue weighted by Crippen LogP contribution is -2.27. The van der Waals surface area contributed by atoms with E-state index >= 15 is 0 Å². The smallest absolute Gasteiger partial charge is 0.223 e. The van der Waals surface area contributed by atoms with Gasteiger partial charge in [-0.3, -0.25) is 0 Å². The van der Waals surface area contributed by atoms with Crippen molar-refractivity contribution in [3.05, 3.63) is 48.7 Å². The first-order valence-electron chi connectivity index (χ1n) is 7.40. The van der Waals surface area contributed by atoms with Gasteiger partial charge in [0.25, 0.3) is 0 Å². The van der Waals surface area contributed by atoms with Crippen LogP contribution in [0.5, 0.6) is 0 Å². The first-order chi connectivity index (χ1) is 10.7. The summed E-state index contributed by atoms with van der Waals surface area (Å²) in [5.74, 6) is 0. The number of nitrogens with one attached hydrogen (secondary N) is 1. The van der Waals surface area contributed by atoms with Crippen LogP contribution >= 0.6 is 0 Å². The standard InChI is InChI=1S/C16H19N3O2S/c20-22(21,15-5-2-1-3-6-15)16-8-7-14(13-18-16)19-11-4-9-17-10-12-19/h1-3,5-8,13,17H,4,9-12H2. The van der Waals surface area contributed by atoms with Crippen molar-refractivity contribution in [2.45, 2.75) is 16.3 Å². The first-order valence-corrected chi connectivity index (χ1v) is 8.88. The van der Waals surface area contributed by atoms with Gasteiger partial charge in [0.15, 0.2) is 5.03 Å². The maximum atomic E-state index is 12.5. The average molecular weight is 317 g/mol. The Bertz CT molecular complexity index is 707. The van der Waals surface area contributed by atoms with Crippen LogP contribution < -0.4 is 10.2 Å². The maximum absolute atomic E-state index is 12.5. The van der Waals surface area contributed by atoms with Crippen LogP contribution in [0.15, 0.2) is 58.6 Å². The minimum atomic E-state index is -3.54. The second kappa shape index (κ2) is 6.46. The Hall–Kier alpha value is -1.92. The van der Waals surface area contributed by atoms with Crippen LogP contribution in [-0.4, -0.2) is 39.6 Å². The fraction of sp³-hybridized carbons (Fsp3) is 0.312. The number of rotatable bonds is 3. The molecule has 0 amide bonds. The largest absolute Gasteiger partial charge is 0.369 e. The van der Waals surface area contributed by atoms with Gasteiger partial charge in [0, 0.05) is 19.6 Å². The molecule has 6 heteroatoms. The summed E-state index contributed by atoms with van der Waals surface area (Å²) in [5, 5.41) is 3.44. The van der Waals surface area contributed by atoms with Gasteiger partial charge in [-0.15, -0.1) is 0 Å². The second-order valence-electron chi connectivity index (χ2n) is 5.26. The highest BCUT2D eigenvalue weighted by Crippen LogP contribution is 2.21. The van der Waals surface area contributed by atoms with Crippen LogP contribution in [0.3, 0.4) is 0 Å². The van der Waals surface area contributed by atoms with Crippen LogP contribution in [0.1, 0.15) is 6.42 Å². The Morgan fingerprint density at radius 1 is 1.00 bits per heavy atom. The summed E-state index contributed by atoms with van der Waals surface area (Å²) in [4.78, 5) is 6.68. The van der Waals surface area contributed by atoms with Crippen molar-refractivity contribution in [1.29, 1.82) is 0 Å². The molecule has 0 saturated carbocycles. The monoisotopic (exact) mass is 317 g/mol. The summed E-state index contributed by atoms with van der Waals surface area (Å²) in [5.41, 5.74) is 0.968. The van der Waals surface area contributed by atoms with E-state index in [1.807, 2.05) is 6.07 Å². The maximum Gasteiger partial charge on any atom is 0.223 e. The Kier molecular flexibility index (Phi) is 4.40. The van der Waals surface area contributed by atoms with Crippen molar-refractivity contribution in [2.24, 2.45) is 0 Å². The molecule has 22 heavy (non-hydrogen) atoms. The van der Waals surface area contributed by atoms with Gasteiger partial charge in [0.1, 0.15) is 0 Å². The third kappa shape index (κ3) is 3.13. The SMILES string of the molecule is O=S(=O)(c1ccccc1)c1ccc(N2CCCNCC2)cn1. The zero-order valence-corrected chi connectivity index (χ0v) is 13.1. The minimum Gasteiger partial charge on any atom is -0.369 e. The van der Waals surface area contributed by atoms with Gasteiger partial charge in [-0.2, -0.15) is 0 Å². The number of hydrogen-bond donors (Lipinski definition) is 1. The van der Waals surface area contributed by atoms with Gasteiger partial charge < -0.3 is 10.2 Å². The second-order valence-corrected chi connectivity index (χ2v) is 7.16. The molecule has 2 aromatic rings. The molecule has 0 unspecified atom stereocenters. The molecular weight excluding hydrogens is 298 g/mol. The van der Waals surface area contributed by atoms with E-state index in [0.717, 1.165) is 38.3 Å². The van der Waals surface area contributed by atoms with Crippen molar-refractivity contribution in [3.63, 3.8) is 0 Å². The topological polar surface area (TPSA) is 62.3 Å². The molecule has 1 aliphatic heterocycles. The molecule has 3 rings (SSSR count). The Morgan fingerprint density at radius 3 is 2.55 bits per heavy atom. The molecule has 116 valence electrons. The highest BCUT2D eigenvalue weighted by Gasteiger charge is 2.19. The van der Waals surface area contributed by atoms with Gasteiger partial charge in [0.05, 0.1) is 16.8 Å². The van der Waals surface area contributed by atoms with Crippen molar-refractivity contribution >= 4 is 15.5 Å². The summed E-state index contributed by atoms with van der Waals surface area (Å²) in [7, 11) is -3.54. The molecule has 1 N–H and O–H groups in total. The highest BCUT2D eigenvalue weighted by molar-refractivity contribution is 7.91. The zero-order chi connectivity index (χ0) is 15.4. The van der Waals surface area contributed by atoms with E-state index in [1.165, 1.54) is 0 Å². The molecule has 0 radical (unpaired) electrons. The number of pyridine rings is 1. The van der Waals surface area contributed by atoms with E-state index in [4.69, 9.17) is 0 Å². The normalized spacial score (nSPS) is 16.3. The van der Waals surface area contributed by atoms with E-state index in [-0.39, 0.29) is 9.92 Å². The predicted molar refractivity (Wildman–Crippen MR) is 85.8 cm³/mol. The number of sulfone groups is 1. The lowest BCUT2D eigenvalue weighted by Gasteiger charge is -2.21. The van der Waals surface area contributed by atoms with Gasteiger partial charge in [-0.25, -0.2) is 13.4 Å². The summed E-state index contributed by atoms with van der Waals surface area (Å²) in [6, 6.07) is 11.8. The summed E-state index contributed by atoms with van der Waals surface area (Å²) in [6.45, 7) is 3.82. The highest BCUT2D eigenvalue weighted by atomic mass is 32.2. The molecule has 1 aromatic carbocycles. The number of benzene rings is 1. The molecule has 1 aromatic heterocycles. The van der Waals surface area contributed by atoms with Gasteiger partial charge in [-0.05, 0) is 37.2 Å². The molecule has 5 nitrogen and oxygen atoms in total. The third-order valence-electron chi connectivity index (χ3n) is 3.75. The van der Waals surface area contributed by atoms with Gasteiger partial charge in [-0.1, -0.05) is 18.2 Å². The molecular formula is C16H19N3O2S. The number of anilines is 1. The van der Waals surface area contributed by atoms with Crippen LogP contribution in [-0.2, 0) is 9.84 Å². The molecule has 1 aliphatic rings. The number of aromatic nitrogens is 1. The molecule has 0 spiro atoms. The third-order valence-corrected chi connectivity index (χ3v) is 5.44. The number of hydrogen-bond acceptors (Lipinski definition) is 5. The molecule has 1 fully saturated rings. The summed E-state index contributed by atoms with van der Waals surface area (Å²) < 4.78 is 25.0. The first kappa shape index (κ1) is 15.0. The van der Waals surface area contributed by atoms with E-state index in [0.29, 0.717) is 0 Å². The predicted octanol–water partition coefficient (Wildman–Crippen LogP) is 1.71. The van der Waals surface area contributed by atoms with Gasteiger partial charge >= 0.3 is 0 Å². The van der Waals surface area contributed by atoms with Crippen LogP contribution in [0.2, 0.25) is 0 Å². The fourth-order valence-electron chi connectivity index (χ4n) is 2.54. The van der Waals surface area contributed by atoms with E-state index in [9.17, 15) is 8.42 Å². The molecule has 1 saturated heterocycles. The van der Waals surface area contributed by atoms with Gasteiger partial charge in [0.2, 0.25) is 9.84 Å². The number of nitrogens with zero attached hydrogens (tertiary/aromatic N) is 2. The van der Waals surface area contributed by atoms with E-state index in [2.05, 4.69) is 15.2 Å². The van der Waals surface area contributed by atoms with Crippen molar-refractivity contribution in [1.82, 2.24) is 10.3 Å². The summed E-state index contributed by atoms with van der Waals surface area (Å²) >= 11 is 0. The van der Waals surface area contributed by atoms with Crippen molar-refractivity contribution in [2.75, 3.05) is 31.1 Å². The lowest BCUT2D eigenvalue weighted by atomic mass is 10.3. The van der Waals surface area contributed by atoms with Crippen LogP contribution in [0.25, 0.3) is 0 Å². The molecule has 0 atom stereocenters. The Labute approximate surface area is 130 Å². The van der Waals surface area contributed by atoms with Crippen LogP contribution in [0, 0.1) is 0 Å².